The minimum absolute atomic E-state index is 0.400. The van der Waals surface area contributed by atoms with Crippen molar-refractivity contribution in [2.24, 2.45) is 0 Å². The molecule has 5 nitrogen and oxygen atoms in total. The van der Waals surface area contributed by atoms with Gasteiger partial charge >= 0.3 is 0 Å². The van der Waals surface area contributed by atoms with Gasteiger partial charge in [-0.1, -0.05) is 6.07 Å². The van der Waals surface area contributed by atoms with Crippen molar-refractivity contribution >= 4 is 0 Å². The monoisotopic (exact) mass is 288 g/mol. The van der Waals surface area contributed by atoms with Gasteiger partial charge in [0.05, 0.1) is 32.4 Å². The van der Waals surface area contributed by atoms with Crippen molar-refractivity contribution in [3.8, 4) is 11.8 Å². The molecule has 0 radical (unpaired) electrons. The van der Waals surface area contributed by atoms with Crippen LogP contribution in [0.4, 0.5) is 0 Å². The third-order valence-corrected chi connectivity index (χ3v) is 4.10. The molecule has 1 aromatic rings. The number of nitriles is 1. The predicted molar refractivity (Wildman–Crippen MR) is 76.9 cm³/mol. The van der Waals surface area contributed by atoms with Crippen LogP contribution in [0.2, 0.25) is 0 Å². The Hall–Kier alpha value is -1.61. The van der Waals surface area contributed by atoms with Crippen molar-refractivity contribution < 1.29 is 14.2 Å². The van der Waals surface area contributed by atoms with E-state index in [0.29, 0.717) is 24.5 Å². The Morgan fingerprint density at radius 3 is 2.90 bits per heavy atom. The van der Waals surface area contributed by atoms with Crippen LogP contribution in [0.25, 0.3) is 0 Å². The smallest absolute Gasteiger partial charge is 0.181 e. The lowest BCUT2D eigenvalue weighted by atomic mass is 10.0. The molecule has 3 rings (SSSR count). The number of piperidine rings is 1. The standard InChI is InChI=1S/C16H20N2O3/c1-19-15-4-3-13(9-14(15)10-17)11-18-6-2-5-16(12-18)20-7-8-21-16/h3-4,9H,2,5-8,11-12H2,1H3. The van der Waals surface area contributed by atoms with Gasteiger partial charge < -0.3 is 14.2 Å². The lowest BCUT2D eigenvalue weighted by Gasteiger charge is -2.38. The highest BCUT2D eigenvalue weighted by molar-refractivity contribution is 5.45. The molecule has 2 aliphatic heterocycles. The third kappa shape index (κ3) is 3.03. The first-order chi connectivity index (χ1) is 10.2. The second kappa shape index (κ2) is 6.02. The van der Waals surface area contributed by atoms with E-state index in [-0.39, 0.29) is 0 Å². The molecular formula is C16H20N2O3. The molecule has 2 fully saturated rings. The molecule has 1 aromatic carbocycles. The summed E-state index contributed by atoms with van der Waals surface area (Å²) in [5.41, 5.74) is 1.69. The highest BCUT2D eigenvalue weighted by Crippen LogP contribution is 2.31. The Bertz CT molecular complexity index is 547. The summed E-state index contributed by atoms with van der Waals surface area (Å²) in [6.07, 6.45) is 2.04. The molecule has 2 heterocycles. The zero-order chi connectivity index (χ0) is 14.7. The van der Waals surface area contributed by atoms with Crippen LogP contribution in [-0.4, -0.2) is 44.1 Å². The van der Waals surface area contributed by atoms with Crippen LogP contribution in [0.15, 0.2) is 18.2 Å². The molecular weight excluding hydrogens is 268 g/mol. The van der Waals surface area contributed by atoms with E-state index < -0.39 is 5.79 Å². The van der Waals surface area contributed by atoms with Crippen LogP contribution in [0.3, 0.4) is 0 Å². The molecule has 0 bridgehead atoms. The average molecular weight is 288 g/mol. The molecule has 0 aromatic heterocycles. The maximum Gasteiger partial charge on any atom is 0.181 e. The highest BCUT2D eigenvalue weighted by atomic mass is 16.7. The summed E-state index contributed by atoms with van der Waals surface area (Å²) in [7, 11) is 1.58. The van der Waals surface area contributed by atoms with Gasteiger partial charge in [-0.15, -0.1) is 0 Å². The third-order valence-electron chi connectivity index (χ3n) is 4.10. The van der Waals surface area contributed by atoms with Gasteiger partial charge in [-0.2, -0.15) is 5.26 Å². The van der Waals surface area contributed by atoms with Gasteiger partial charge in [-0.05, 0) is 30.7 Å². The van der Waals surface area contributed by atoms with Gasteiger partial charge in [0.15, 0.2) is 5.79 Å². The van der Waals surface area contributed by atoms with Crippen LogP contribution >= 0.6 is 0 Å². The van der Waals surface area contributed by atoms with E-state index in [9.17, 15) is 0 Å². The summed E-state index contributed by atoms with van der Waals surface area (Å²) in [6.45, 7) is 4.00. The summed E-state index contributed by atoms with van der Waals surface area (Å²) in [5.74, 6) is 0.224. The number of ether oxygens (including phenoxy) is 3. The van der Waals surface area contributed by atoms with Crippen LogP contribution < -0.4 is 4.74 Å². The summed E-state index contributed by atoms with van der Waals surface area (Å²) in [4.78, 5) is 2.33. The number of benzene rings is 1. The summed E-state index contributed by atoms with van der Waals surface area (Å²) >= 11 is 0. The Kier molecular flexibility index (Phi) is 4.11. The fraction of sp³-hybridized carbons (Fsp3) is 0.562. The zero-order valence-corrected chi connectivity index (χ0v) is 12.3. The molecule has 0 saturated carbocycles. The van der Waals surface area contributed by atoms with Crippen LogP contribution in [0.1, 0.15) is 24.0 Å². The molecule has 0 unspecified atom stereocenters. The van der Waals surface area contributed by atoms with Gasteiger partial charge in [0, 0.05) is 13.0 Å². The molecule has 0 amide bonds. The molecule has 0 aliphatic carbocycles. The first-order valence-electron chi connectivity index (χ1n) is 7.32. The van der Waals surface area contributed by atoms with Crippen molar-refractivity contribution in [1.29, 1.82) is 5.26 Å². The Labute approximate surface area is 125 Å². The summed E-state index contributed by atoms with van der Waals surface area (Å²) in [6, 6.07) is 7.95. The van der Waals surface area contributed by atoms with E-state index in [1.165, 1.54) is 0 Å². The van der Waals surface area contributed by atoms with E-state index in [2.05, 4.69) is 11.0 Å². The summed E-state index contributed by atoms with van der Waals surface area (Å²) in [5, 5.41) is 9.16. The first kappa shape index (κ1) is 14.3. The Morgan fingerprint density at radius 1 is 1.38 bits per heavy atom. The quantitative estimate of drug-likeness (QED) is 0.850. The van der Waals surface area contributed by atoms with Gasteiger partial charge in [-0.25, -0.2) is 0 Å². The Balaban J connectivity index is 1.70. The number of hydrogen-bond acceptors (Lipinski definition) is 5. The van der Waals surface area contributed by atoms with Crippen LogP contribution in [0, 0.1) is 11.3 Å². The molecule has 112 valence electrons. The minimum atomic E-state index is -0.400. The normalized spacial score (nSPS) is 21.3. The van der Waals surface area contributed by atoms with Crippen LogP contribution in [0.5, 0.6) is 5.75 Å². The molecule has 1 spiro atoms. The molecule has 0 atom stereocenters. The SMILES string of the molecule is COc1ccc(CN2CCCC3(C2)OCCO3)cc1C#N. The number of hydrogen-bond donors (Lipinski definition) is 0. The van der Waals surface area contributed by atoms with Crippen LogP contribution in [-0.2, 0) is 16.0 Å². The average Bonchev–Trinajstić information content (AvgIpc) is 2.95. The van der Waals surface area contributed by atoms with Crippen molar-refractivity contribution in [2.75, 3.05) is 33.4 Å². The molecule has 5 heteroatoms. The predicted octanol–water partition coefficient (Wildman–Crippen LogP) is 1.91. The van der Waals surface area contributed by atoms with Crippen molar-refractivity contribution in [2.45, 2.75) is 25.2 Å². The lowest BCUT2D eigenvalue weighted by Crippen LogP contribution is -2.48. The minimum Gasteiger partial charge on any atom is -0.495 e. The second-order valence-corrected chi connectivity index (χ2v) is 5.57. The number of rotatable bonds is 3. The number of methoxy groups -OCH3 is 1. The topological polar surface area (TPSA) is 54.7 Å². The fourth-order valence-electron chi connectivity index (χ4n) is 3.14. The highest BCUT2D eigenvalue weighted by Gasteiger charge is 2.40. The van der Waals surface area contributed by atoms with Gasteiger partial charge in [0.2, 0.25) is 0 Å². The largest absolute Gasteiger partial charge is 0.495 e. The van der Waals surface area contributed by atoms with E-state index in [0.717, 1.165) is 38.0 Å². The zero-order valence-electron chi connectivity index (χ0n) is 12.3. The maximum absolute atomic E-state index is 9.16. The number of likely N-dealkylation sites (tertiary alicyclic amines) is 1. The molecule has 2 aliphatic rings. The van der Waals surface area contributed by atoms with Gasteiger partial charge in [-0.3, -0.25) is 4.90 Å². The van der Waals surface area contributed by atoms with Crippen molar-refractivity contribution in [3.63, 3.8) is 0 Å². The molecule has 2 saturated heterocycles. The first-order valence-corrected chi connectivity index (χ1v) is 7.32. The van der Waals surface area contributed by atoms with E-state index >= 15 is 0 Å². The number of nitrogens with zero attached hydrogens (tertiary/aromatic N) is 2. The van der Waals surface area contributed by atoms with E-state index in [1.54, 1.807) is 7.11 Å². The van der Waals surface area contributed by atoms with Gasteiger partial charge in [0.25, 0.3) is 0 Å². The second-order valence-electron chi connectivity index (χ2n) is 5.57. The van der Waals surface area contributed by atoms with Crippen molar-refractivity contribution in [1.82, 2.24) is 4.90 Å². The van der Waals surface area contributed by atoms with Crippen molar-refractivity contribution in [3.05, 3.63) is 29.3 Å². The van der Waals surface area contributed by atoms with Gasteiger partial charge in [0.1, 0.15) is 11.8 Å². The lowest BCUT2D eigenvalue weighted by molar-refractivity contribution is -0.190. The fourth-order valence-corrected chi connectivity index (χ4v) is 3.14. The van der Waals surface area contributed by atoms with E-state index in [4.69, 9.17) is 19.5 Å². The summed E-state index contributed by atoms with van der Waals surface area (Å²) < 4.78 is 16.8. The maximum atomic E-state index is 9.16. The Morgan fingerprint density at radius 2 is 2.19 bits per heavy atom. The molecule has 21 heavy (non-hydrogen) atoms. The van der Waals surface area contributed by atoms with E-state index in [1.807, 2.05) is 18.2 Å². The molecule has 0 N–H and O–H groups in total.